The molecule has 1 saturated carbocycles. The van der Waals surface area contributed by atoms with Gasteiger partial charge in [0.25, 0.3) is 0 Å². The number of aromatic amines is 1. The number of rotatable bonds is 5. The number of ketones is 1. The highest BCUT2D eigenvalue weighted by Crippen LogP contribution is 2.38. The number of nitrogens with zero attached hydrogens (tertiary/aromatic N) is 2. The fourth-order valence-electron chi connectivity index (χ4n) is 2.82. The molecule has 1 fully saturated rings. The molecule has 0 spiro atoms. The van der Waals surface area contributed by atoms with Gasteiger partial charge in [0.05, 0.1) is 5.56 Å². The van der Waals surface area contributed by atoms with Crippen LogP contribution < -0.4 is 5.32 Å². The van der Waals surface area contributed by atoms with Crippen molar-refractivity contribution in [2.45, 2.75) is 24.7 Å². The van der Waals surface area contributed by atoms with Crippen LogP contribution in [0.5, 0.6) is 0 Å². The van der Waals surface area contributed by atoms with Crippen molar-refractivity contribution in [3.8, 4) is 0 Å². The van der Waals surface area contributed by atoms with Gasteiger partial charge in [-0.05, 0) is 12.5 Å². The third-order valence-electron chi connectivity index (χ3n) is 4.17. The summed E-state index contributed by atoms with van der Waals surface area (Å²) >= 11 is 0. The average Bonchev–Trinajstić information content (AvgIpc) is 3.17. The fourth-order valence-corrected chi connectivity index (χ4v) is 2.82. The Morgan fingerprint density at radius 3 is 3.04 bits per heavy atom. The SMILES string of the molecule is O=C(c1cc[nH]c1)c1cncnc1N[C@]1(F)CC[C@H](CO)[C@H]1O. The van der Waals surface area contributed by atoms with E-state index in [-0.39, 0.29) is 30.2 Å². The second kappa shape index (κ2) is 6.05. The minimum Gasteiger partial charge on any atom is -0.396 e. The van der Waals surface area contributed by atoms with Crippen molar-refractivity contribution in [2.75, 3.05) is 11.9 Å². The standard InChI is InChI=1S/C15H17FN4O3/c16-15(3-1-10(7-21)13(15)23)20-14-11(6-18-8-19-14)12(22)9-2-4-17-5-9/h2,4-6,8,10,13,17,21,23H,1,3,7H2,(H,18,19,20)/t10-,13-,15-/m1/s1. The summed E-state index contributed by atoms with van der Waals surface area (Å²) in [5.41, 5.74) is 0.514. The lowest BCUT2D eigenvalue weighted by Crippen LogP contribution is -2.44. The average molecular weight is 320 g/mol. The van der Waals surface area contributed by atoms with Crippen LogP contribution in [0.25, 0.3) is 0 Å². The van der Waals surface area contributed by atoms with Crippen molar-refractivity contribution in [3.05, 3.63) is 42.1 Å². The number of nitrogens with one attached hydrogen (secondary N) is 2. The van der Waals surface area contributed by atoms with Gasteiger partial charge in [-0.2, -0.15) is 0 Å². The molecule has 0 aliphatic heterocycles. The van der Waals surface area contributed by atoms with Crippen LogP contribution in [0.4, 0.5) is 10.2 Å². The van der Waals surface area contributed by atoms with Gasteiger partial charge in [0, 0.05) is 43.1 Å². The predicted octanol–water partition coefficient (Wildman–Crippen LogP) is 0.877. The molecule has 8 heteroatoms. The highest BCUT2D eigenvalue weighted by atomic mass is 19.1. The molecular weight excluding hydrogens is 303 g/mol. The molecule has 0 bridgehead atoms. The molecule has 0 radical (unpaired) electrons. The molecule has 2 heterocycles. The molecule has 7 nitrogen and oxygen atoms in total. The first-order valence-corrected chi connectivity index (χ1v) is 7.28. The molecular formula is C15H17FN4O3. The van der Waals surface area contributed by atoms with Crippen molar-refractivity contribution >= 4 is 11.6 Å². The normalized spacial score (nSPS) is 27.1. The number of hydrogen-bond acceptors (Lipinski definition) is 6. The number of H-pyrrole nitrogens is 1. The zero-order chi connectivity index (χ0) is 16.4. The molecule has 1 aliphatic rings. The van der Waals surface area contributed by atoms with Crippen LogP contribution >= 0.6 is 0 Å². The summed E-state index contributed by atoms with van der Waals surface area (Å²) < 4.78 is 15.0. The Morgan fingerprint density at radius 2 is 2.39 bits per heavy atom. The van der Waals surface area contributed by atoms with E-state index in [1.807, 2.05) is 0 Å². The first-order chi connectivity index (χ1) is 11.0. The number of aliphatic hydroxyl groups excluding tert-OH is 2. The maximum absolute atomic E-state index is 15.0. The van der Waals surface area contributed by atoms with Gasteiger partial charge in [-0.3, -0.25) is 4.79 Å². The Kier molecular flexibility index (Phi) is 4.10. The summed E-state index contributed by atoms with van der Waals surface area (Å²) in [6.07, 6.45) is 4.61. The van der Waals surface area contributed by atoms with E-state index in [0.717, 1.165) is 0 Å². The minimum atomic E-state index is -2.14. The zero-order valence-electron chi connectivity index (χ0n) is 12.2. The fraction of sp³-hybridized carbons (Fsp3) is 0.400. The van der Waals surface area contributed by atoms with E-state index < -0.39 is 17.8 Å². The third kappa shape index (κ3) is 2.82. The van der Waals surface area contributed by atoms with Gasteiger partial charge in [0.15, 0.2) is 5.78 Å². The summed E-state index contributed by atoms with van der Waals surface area (Å²) in [5, 5.41) is 21.7. The number of hydrogen-bond donors (Lipinski definition) is 4. The van der Waals surface area contributed by atoms with E-state index in [2.05, 4.69) is 20.3 Å². The van der Waals surface area contributed by atoms with Crippen molar-refractivity contribution in [2.24, 2.45) is 5.92 Å². The summed E-state index contributed by atoms with van der Waals surface area (Å²) in [4.78, 5) is 23.0. The second-order valence-corrected chi connectivity index (χ2v) is 5.63. The van der Waals surface area contributed by atoms with E-state index in [0.29, 0.717) is 12.0 Å². The van der Waals surface area contributed by atoms with E-state index >= 15 is 0 Å². The highest BCUT2D eigenvalue weighted by molar-refractivity contribution is 6.11. The van der Waals surface area contributed by atoms with Gasteiger partial charge in [-0.15, -0.1) is 0 Å². The molecule has 23 heavy (non-hydrogen) atoms. The minimum absolute atomic E-state index is 0.0151. The molecule has 3 atom stereocenters. The first-order valence-electron chi connectivity index (χ1n) is 7.28. The van der Waals surface area contributed by atoms with Gasteiger partial charge < -0.3 is 20.5 Å². The lowest BCUT2D eigenvalue weighted by molar-refractivity contribution is -0.00136. The van der Waals surface area contributed by atoms with E-state index in [1.165, 1.54) is 18.7 Å². The summed E-state index contributed by atoms with van der Waals surface area (Å²) in [5.74, 6) is -3.02. The lowest BCUT2D eigenvalue weighted by atomic mass is 10.0. The summed E-state index contributed by atoms with van der Waals surface area (Å²) in [6.45, 7) is -0.298. The van der Waals surface area contributed by atoms with Crippen LogP contribution in [0.2, 0.25) is 0 Å². The van der Waals surface area contributed by atoms with Crippen LogP contribution in [-0.2, 0) is 0 Å². The number of alkyl halides is 1. The number of halogens is 1. The lowest BCUT2D eigenvalue weighted by Gasteiger charge is -2.27. The molecule has 2 aromatic rings. The van der Waals surface area contributed by atoms with Gasteiger partial charge in [-0.25, -0.2) is 14.4 Å². The van der Waals surface area contributed by atoms with Crippen LogP contribution in [0.1, 0.15) is 28.8 Å². The molecule has 0 amide bonds. The van der Waals surface area contributed by atoms with E-state index in [1.54, 1.807) is 12.3 Å². The molecule has 2 aromatic heterocycles. The van der Waals surface area contributed by atoms with Crippen LogP contribution in [0.15, 0.2) is 31.0 Å². The highest BCUT2D eigenvalue weighted by Gasteiger charge is 2.49. The Hall–Kier alpha value is -2.32. The number of carbonyl (C=O) groups excluding carboxylic acids is 1. The largest absolute Gasteiger partial charge is 0.396 e. The number of aliphatic hydroxyl groups is 2. The molecule has 3 rings (SSSR count). The topological polar surface area (TPSA) is 111 Å². The Morgan fingerprint density at radius 1 is 1.57 bits per heavy atom. The molecule has 0 unspecified atom stereocenters. The Labute approximate surface area is 131 Å². The molecule has 122 valence electrons. The summed E-state index contributed by atoms with van der Waals surface area (Å²) in [7, 11) is 0. The first kappa shape index (κ1) is 15.6. The van der Waals surface area contributed by atoms with Crippen LogP contribution in [0.3, 0.4) is 0 Å². The number of carbonyl (C=O) groups is 1. The van der Waals surface area contributed by atoms with E-state index in [4.69, 9.17) is 5.11 Å². The van der Waals surface area contributed by atoms with Crippen LogP contribution in [0, 0.1) is 5.92 Å². The third-order valence-corrected chi connectivity index (χ3v) is 4.17. The zero-order valence-corrected chi connectivity index (χ0v) is 12.2. The summed E-state index contributed by atoms with van der Waals surface area (Å²) in [6, 6.07) is 1.59. The van der Waals surface area contributed by atoms with Gasteiger partial charge in [0.2, 0.25) is 5.79 Å². The quantitative estimate of drug-likeness (QED) is 0.481. The van der Waals surface area contributed by atoms with Crippen molar-refractivity contribution < 1.29 is 19.4 Å². The van der Waals surface area contributed by atoms with Gasteiger partial charge >= 0.3 is 0 Å². The molecule has 4 N–H and O–H groups in total. The van der Waals surface area contributed by atoms with Crippen LogP contribution in [-0.4, -0.2) is 49.5 Å². The second-order valence-electron chi connectivity index (χ2n) is 5.63. The predicted molar refractivity (Wildman–Crippen MR) is 79.5 cm³/mol. The molecule has 1 aliphatic carbocycles. The Balaban J connectivity index is 1.88. The van der Waals surface area contributed by atoms with Gasteiger partial charge in [0.1, 0.15) is 18.2 Å². The Bertz CT molecular complexity index is 694. The maximum Gasteiger partial charge on any atom is 0.207 e. The van der Waals surface area contributed by atoms with Crippen molar-refractivity contribution in [1.29, 1.82) is 0 Å². The van der Waals surface area contributed by atoms with Crippen molar-refractivity contribution in [3.63, 3.8) is 0 Å². The van der Waals surface area contributed by atoms with E-state index in [9.17, 15) is 14.3 Å². The monoisotopic (exact) mass is 320 g/mol. The maximum atomic E-state index is 15.0. The molecule has 0 aromatic carbocycles. The molecule has 0 saturated heterocycles. The van der Waals surface area contributed by atoms with Crippen molar-refractivity contribution in [1.82, 2.24) is 15.0 Å². The number of aromatic nitrogens is 3. The van der Waals surface area contributed by atoms with Gasteiger partial charge in [-0.1, -0.05) is 0 Å². The smallest absolute Gasteiger partial charge is 0.207 e. The number of anilines is 1.